The number of anilines is 1. The van der Waals surface area contributed by atoms with Crippen LogP contribution in [0.5, 0.6) is 11.5 Å². The van der Waals surface area contributed by atoms with E-state index in [1.807, 2.05) is 24.3 Å². The van der Waals surface area contributed by atoms with E-state index in [0.29, 0.717) is 13.0 Å². The molecule has 1 amide bonds. The van der Waals surface area contributed by atoms with E-state index in [1.54, 1.807) is 0 Å². The number of hydrogen-bond donors (Lipinski definition) is 1. The highest BCUT2D eigenvalue weighted by Crippen LogP contribution is 2.60. The van der Waals surface area contributed by atoms with Gasteiger partial charge in [0.2, 0.25) is 5.91 Å². The van der Waals surface area contributed by atoms with Crippen LogP contribution in [0.25, 0.3) is 0 Å². The minimum atomic E-state index is -3.03. The second-order valence-electron chi connectivity index (χ2n) is 6.52. The molecule has 2 atom stereocenters. The first-order valence-corrected chi connectivity index (χ1v) is 8.27. The van der Waals surface area contributed by atoms with Crippen molar-refractivity contribution in [2.75, 3.05) is 11.9 Å². The molecule has 1 aliphatic heterocycles. The number of halogens is 3. The Kier molecular flexibility index (Phi) is 4.01. The topological polar surface area (TPSA) is 47.6 Å². The van der Waals surface area contributed by atoms with E-state index in [2.05, 4.69) is 10.1 Å². The molecule has 4 nitrogen and oxygen atoms in total. The van der Waals surface area contributed by atoms with Gasteiger partial charge in [-0.05, 0) is 31.0 Å². The van der Waals surface area contributed by atoms with Gasteiger partial charge >= 0.3 is 6.61 Å². The number of rotatable bonds is 4. The average molecular weight is 363 g/mol. The lowest BCUT2D eigenvalue weighted by atomic mass is 9.87. The van der Waals surface area contributed by atoms with Crippen LogP contribution in [0.4, 0.5) is 18.9 Å². The van der Waals surface area contributed by atoms with E-state index in [1.165, 1.54) is 12.1 Å². The monoisotopic (exact) mass is 363 g/mol. The van der Waals surface area contributed by atoms with Gasteiger partial charge in [-0.1, -0.05) is 18.2 Å². The lowest BCUT2D eigenvalue weighted by Crippen LogP contribution is -2.26. The number of carbonyl (C=O) groups is 1. The van der Waals surface area contributed by atoms with Crippen LogP contribution in [0.3, 0.4) is 0 Å². The molecular weight excluding hydrogens is 347 g/mol. The predicted octanol–water partition coefficient (Wildman–Crippen LogP) is 4.11. The smallest absolute Gasteiger partial charge is 0.387 e. The number of amides is 1. The Hall–Kier alpha value is -2.70. The van der Waals surface area contributed by atoms with Crippen molar-refractivity contribution < 1.29 is 27.4 Å². The molecule has 0 bridgehead atoms. The summed E-state index contributed by atoms with van der Waals surface area (Å²) in [5.41, 5.74) is 0.681. The first kappa shape index (κ1) is 16.8. The standard InChI is InChI=1S/C19H16F3NO3/c20-14-9-11(26-18(21)22)5-6-15(14)23-17(24)13-10-19(13)7-8-25-16-4-2-1-3-12(16)19/h1-6,9,13,18H,7-8,10H2,(H,23,24)/t13-,19-/m0/s1. The number of ether oxygens (including phenoxy) is 2. The van der Waals surface area contributed by atoms with Crippen molar-refractivity contribution in [3.05, 3.63) is 53.8 Å². The summed E-state index contributed by atoms with van der Waals surface area (Å²) in [6.07, 6.45) is 1.40. The fraction of sp³-hybridized carbons (Fsp3) is 0.316. The summed E-state index contributed by atoms with van der Waals surface area (Å²) in [5.74, 6) is -0.892. The highest BCUT2D eigenvalue weighted by Gasteiger charge is 2.61. The molecule has 1 fully saturated rings. The van der Waals surface area contributed by atoms with Crippen LogP contribution in [0.15, 0.2) is 42.5 Å². The van der Waals surface area contributed by atoms with Crippen molar-refractivity contribution in [2.24, 2.45) is 5.92 Å². The zero-order valence-corrected chi connectivity index (χ0v) is 13.7. The van der Waals surface area contributed by atoms with E-state index in [4.69, 9.17) is 4.74 Å². The molecule has 1 N–H and O–H groups in total. The number of nitrogens with one attached hydrogen (secondary N) is 1. The van der Waals surface area contributed by atoms with Crippen LogP contribution in [0.1, 0.15) is 18.4 Å². The molecule has 2 aromatic carbocycles. The van der Waals surface area contributed by atoms with Gasteiger partial charge in [0.25, 0.3) is 0 Å². The molecule has 0 radical (unpaired) electrons. The van der Waals surface area contributed by atoms with E-state index < -0.39 is 12.4 Å². The molecule has 0 aromatic heterocycles. The van der Waals surface area contributed by atoms with Crippen molar-refractivity contribution in [1.29, 1.82) is 0 Å². The molecule has 1 aliphatic carbocycles. The minimum Gasteiger partial charge on any atom is -0.493 e. The highest BCUT2D eigenvalue weighted by atomic mass is 19.3. The zero-order chi connectivity index (χ0) is 18.3. The van der Waals surface area contributed by atoms with Crippen LogP contribution in [0.2, 0.25) is 0 Å². The number of alkyl halides is 2. The Morgan fingerprint density at radius 2 is 2.08 bits per heavy atom. The molecule has 2 aromatic rings. The van der Waals surface area contributed by atoms with Gasteiger partial charge in [-0.3, -0.25) is 4.79 Å². The molecule has 1 heterocycles. The Balaban J connectivity index is 1.49. The molecule has 1 saturated carbocycles. The van der Waals surface area contributed by atoms with E-state index >= 15 is 0 Å². The van der Waals surface area contributed by atoms with Crippen LogP contribution < -0.4 is 14.8 Å². The van der Waals surface area contributed by atoms with Gasteiger partial charge in [0.15, 0.2) is 0 Å². The summed E-state index contributed by atoms with van der Waals surface area (Å²) in [7, 11) is 0. The number of carbonyl (C=O) groups excluding carboxylic acids is 1. The predicted molar refractivity (Wildman–Crippen MR) is 88.0 cm³/mol. The highest BCUT2D eigenvalue weighted by molar-refractivity contribution is 5.96. The maximum atomic E-state index is 14.1. The first-order chi connectivity index (χ1) is 12.5. The molecule has 0 saturated heterocycles. The number of fused-ring (bicyclic) bond motifs is 2. The van der Waals surface area contributed by atoms with Gasteiger partial charge in [0.1, 0.15) is 17.3 Å². The fourth-order valence-corrected chi connectivity index (χ4v) is 3.70. The van der Waals surface area contributed by atoms with Crippen molar-refractivity contribution in [2.45, 2.75) is 24.9 Å². The van der Waals surface area contributed by atoms with Gasteiger partial charge in [-0.2, -0.15) is 8.78 Å². The van der Waals surface area contributed by atoms with Crippen LogP contribution in [-0.2, 0) is 10.2 Å². The SMILES string of the molecule is O=C(Nc1ccc(OC(F)F)cc1F)[C@@H]1C[C@]12CCOc1ccccc12. The molecule has 26 heavy (non-hydrogen) atoms. The van der Waals surface area contributed by atoms with Gasteiger partial charge in [-0.15, -0.1) is 0 Å². The van der Waals surface area contributed by atoms with Crippen molar-refractivity contribution in [3.8, 4) is 11.5 Å². The third kappa shape index (κ3) is 2.87. The van der Waals surface area contributed by atoms with E-state index in [-0.39, 0.29) is 28.7 Å². The number of benzene rings is 2. The lowest BCUT2D eigenvalue weighted by molar-refractivity contribution is -0.117. The third-order valence-electron chi connectivity index (χ3n) is 5.04. The maximum absolute atomic E-state index is 14.1. The summed E-state index contributed by atoms with van der Waals surface area (Å²) in [5, 5.41) is 2.56. The molecule has 7 heteroatoms. The van der Waals surface area contributed by atoms with Crippen molar-refractivity contribution in [3.63, 3.8) is 0 Å². The van der Waals surface area contributed by atoms with Crippen LogP contribution in [0, 0.1) is 11.7 Å². The van der Waals surface area contributed by atoms with Crippen LogP contribution in [-0.4, -0.2) is 19.1 Å². The normalized spacial score (nSPS) is 23.3. The first-order valence-electron chi connectivity index (χ1n) is 8.27. The zero-order valence-electron chi connectivity index (χ0n) is 13.7. The van der Waals surface area contributed by atoms with Gasteiger partial charge < -0.3 is 14.8 Å². The maximum Gasteiger partial charge on any atom is 0.387 e. The van der Waals surface area contributed by atoms with Gasteiger partial charge in [0.05, 0.1) is 12.3 Å². The van der Waals surface area contributed by atoms with Crippen LogP contribution >= 0.6 is 0 Å². The van der Waals surface area contributed by atoms with E-state index in [9.17, 15) is 18.0 Å². The summed E-state index contributed by atoms with van der Waals surface area (Å²) in [6.45, 7) is -2.50. The number of hydrogen-bond acceptors (Lipinski definition) is 3. The fourth-order valence-electron chi connectivity index (χ4n) is 3.70. The Morgan fingerprint density at radius 1 is 1.27 bits per heavy atom. The van der Waals surface area contributed by atoms with Gasteiger partial charge in [0, 0.05) is 23.0 Å². The largest absolute Gasteiger partial charge is 0.493 e. The summed E-state index contributed by atoms with van der Waals surface area (Å²) >= 11 is 0. The van der Waals surface area contributed by atoms with Gasteiger partial charge in [-0.25, -0.2) is 4.39 Å². The second-order valence-corrected chi connectivity index (χ2v) is 6.52. The second kappa shape index (κ2) is 6.23. The van der Waals surface area contributed by atoms with E-state index in [0.717, 1.165) is 23.8 Å². The molecule has 1 spiro atoms. The minimum absolute atomic E-state index is 0.0565. The molecule has 4 rings (SSSR count). The molecular formula is C19H16F3NO3. The third-order valence-corrected chi connectivity index (χ3v) is 5.04. The summed E-state index contributed by atoms with van der Waals surface area (Å²) < 4.78 is 48.2. The molecule has 0 unspecified atom stereocenters. The summed E-state index contributed by atoms with van der Waals surface area (Å²) in [4.78, 5) is 12.6. The average Bonchev–Trinajstić information content (AvgIpc) is 3.32. The van der Waals surface area contributed by atoms with Crippen molar-refractivity contribution >= 4 is 11.6 Å². The molecule has 2 aliphatic rings. The number of para-hydroxylation sites is 1. The Labute approximate surface area is 147 Å². The Morgan fingerprint density at radius 3 is 2.85 bits per heavy atom. The van der Waals surface area contributed by atoms with Crippen molar-refractivity contribution in [1.82, 2.24) is 0 Å². The quantitative estimate of drug-likeness (QED) is 0.890. The lowest BCUT2D eigenvalue weighted by Gasteiger charge is -2.26. The molecule has 136 valence electrons. The Bertz CT molecular complexity index is 858. The summed E-state index contributed by atoms with van der Waals surface area (Å²) in [6, 6.07) is 10.9.